The van der Waals surface area contributed by atoms with Crippen molar-refractivity contribution in [3.8, 4) is 0 Å². The van der Waals surface area contributed by atoms with Gasteiger partial charge in [0.1, 0.15) is 0 Å². The molecule has 1 N–H and O–H groups in total. The second-order valence-electron chi connectivity index (χ2n) is 6.60. The highest BCUT2D eigenvalue weighted by Crippen LogP contribution is 2.48. The molecule has 0 bridgehead atoms. The van der Waals surface area contributed by atoms with E-state index in [-0.39, 0.29) is 17.2 Å². The number of anilines is 1. The van der Waals surface area contributed by atoms with Crippen LogP contribution in [0.15, 0.2) is 78.2 Å². The monoisotopic (exact) mass is 412 g/mol. The molecule has 1 aromatic heterocycles. The number of amides is 1. The Balaban J connectivity index is 1.53. The van der Waals surface area contributed by atoms with Crippen molar-refractivity contribution in [3.05, 3.63) is 89.7 Å². The van der Waals surface area contributed by atoms with E-state index in [0.29, 0.717) is 11.1 Å². The number of rotatable bonds is 4. The Morgan fingerprint density at radius 2 is 1.63 bits per heavy atom. The molecule has 1 amide bonds. The van der Waals surface area contributed by atoms with E-state index >= 15 is 0 Å². The van der Waals surface area contributed by atoms with Gasteiger partial charge in [0.05, 0.1) is 5.71 Å². The third-order valence-electron chi connectivity index (χ3n) is 4.70. The molecule has 0 spiro atoms. The summed E-state index contributed by atoms with van der Waals surface area (Å²) in [6.45, 7) is 0. The van der Waals surface area contributed by atoms with Crippen LogP contribution in [0.2, 0.25) is 0 Å². The number of oxime groups is 1. The lowest BCUT2D eigenvalue weighted by molar-refractivity contribution is -0.275. The van der Waals surface area contributed by atoms with Gasteiger partial charge in [-0.3, -0.25) is 10.1 Å². The van der Waals surface area contributed by atoms with Crippen molar-refractivity contribution in [2.45, 2.75) is 18.2 Å². The maximum atomic E-state index is 13.9. The first-order chi connectivity index (χ1) is 14.4. The molecule has 4 rings (SSSR count). The summed E-state index contributed by atoms with van der Waals surface area (Å²) in [5.74, 6) is -0.288. The van der Waals surface area contributed by atoms with Crippen LogP contribution in [0.4, 0.5) is 19.1 Å². The topological polar surface area (TPSA) is 76.5 Å². The van der Waals surface area contributed by atoms with Crippen LogP contribution in [-0.2, 0) is 10.4 Å². The molecule has 6 nitrogen and oxygen atoms in total. The highest BCUT2D eigenvalue weighted by Gasteiger charge is 2.62. The predicted molar refractivity (Wildman–Crippen MR) is 103 cm³/mol. The number of aromatic nitrogens is 2. The van der Waals surface area contributed by atoms with E-state index in [1.165, 1.54) is 60.9 Å². The lowest BCUT2D eigenvalue weighted by Gasteiger charge is -2.29. The van der Waals surface area contributed by atoms with Crippen molar-refractivity contribution in [1.82, 2.24) is 9.97 Å². The molecule has 1 atom stereocenters. The van der Waals surface area contributed by atoms with E-state index in [9.17, 15) is 18.0 Å². The van der Waals surface area contributed by atoms with Crippen LogP contribution in [0, 0.1) is 0 Å². The summed E-state index contributed by atoms with van der Waals surface area (Å²) in [7, 11) is 0. The van der Waals surface area contributed by atoms with Gasteiger partial charge in [-0.15, -0.1) is 0 Å². The minimum Gasteiger partial charge on any atom is -0.374 e. The molecule has 2 aromatic carbocycles. The number of hydrogen-bond donors (Lipinski definition) is 1. The van der Waals surface area contributed by atoms with Crippen LogP contribution >= 0.6 is 0 Å². The zero-order valence-electron chi connectivity index (χ0n) is 15.4. The number of alkyl halides is 3. The van der Waals surface area contributed by atoms with Crippen molar-refractivity contribution < 1.29 is 22.8 Å². The van der Waals surface area contributed by atoms with E-state index in [4.69, 9.17) is 4.84 Å². The highest BCUT2D eigenvalue weighted by atomic mass is 19.4. The van der Waals surface area contributed by atoms with Gasteiger partial charge in [-0.2, -0.15) is 13.2 Å². The molecule has 0 saturated heterocycles. The van der Waals surface area contributed by atoms with E-state index in [1.54, 1.807) is 12.1 Å². The molecular formula is C21H15F3N4O2. The minimum absolute atomic E-state index is 0.0184. The van der Waals surface area contributed by atoms with Gasteiger partial charge in [0, 0.05) is 29.9 Å². The predicted octanol–water partition coefficient (Wildman–Crippen LogP) is 4.31. The summed E-state index contributed by atoms with van der Waals surface area (Å²) in [5, 5.41) is 6.26. The Bertz CT molecular complexity index is 1070. The first-order valence-corrected chi connectivity index (χ1v) is 8.95. The van der Waals surface area contributed by atoms with Crippen LogP contribution in [0.1, 0.15) is 27.9 Å². The summed E-state index contributed by atoms with van der Waals surface area (Å²) in [4.78, 5) is 25.1. The molecule has 2 heterocycles. The Morgan fingerprint density at radius 1 is 0.967 bits per heavy atom. The second-order valence-corrected chi connectivity index (χ2v) is 6.60. The zero-order valence-corrected chi connectivity index (χ0v) is 15.4. The van der Waals surface area contributed by atoms with Crippen molar-refractivity contribution in [2.24, 2.45) is 5.16 Å². The highest BCUT2D eigenvalue weighted by molar-refractivity contribution is 6.05. The lowest BCUT2D eigenvalue weighted by Crippen LogP contribution is -2.42. The van der Waals surface area contributed by atoms with Gasteiger partial charge in [-0.05, 0) is 23.8 Å². The number of carbonyl (C=O) groups is 1. The van der Waals surface area contributed by atoms with Crippen molar-refractivity contribution >= 4 is 17.6 Å². The van der Waals surface area contributed by atoms with Gasteiger partial charge in [-0.1, -0.05) is 47.6 Å². The van der Waals surface area contributed by atoms with Gasteiger partial charge in [-0.25, -0.2) is 9.97 Å². The summed E-state index contributed by atoms with van der Waals surface area (Å²) in [6.07, 6.45) is -2.15. The van der Waals surface area contributed by atoms with E-state index in [2.05, 4.69) is 20.4 Å². The van der Waals surface area contributed by atoms with Crippen molar-refractivity contribution in [2.75, 3.05) is 5.32 Å². The molecule has 1 aliphatic rings. The Morgan fingerprint density at radius 3 is 2.27 bits per heavy atom. The second kappa shape index (κ2) is 7.58. The number of halogens is 3. The smallest absolute Gasteiger partial charge is 0.374 e. The molecule has 0 saturated carbocycles. The fraction of sp³-hybridized carbons (Fsp3) is 0.143. The summed E-state index contributed by atoms with van der Waals surface area (Å²) in [6, 6.07) is 15.1. The average Bonchev–Trinajstić information content (AvgIpc) is 3.22. The standard InChI is InChI=1S/C21H15F3N4O2/c22-21(23,24)20(16-5-2-1-3-6-16)13-17(28-30-20)14-7-9-15(10-8-14)18(29)27-19-25-11-4-12-26-19/h1-12H,13H2,(H,25,26,27,29). The van der Waals surface area contributed by atoms with E-state index in [1.807, 2.05) is 0 Å². The Labute approximate surface area is 169 Å². The number of carbonyl (C=O) groups excluding carboxylic acids is 1. The third kappa shape index (κ3) is 3.61. The van der Waals surface area contributed by atoms with E-state index < -0.39 is 24.1 Å². The fourth-order valence-electron chi connectivity index (χ4n) is 3.12. The van der Waals surface area contributed by atoms with Crippen LogP contribution in [0.3, 0.4) is 0 Å². The van der Waals surface area contributed by atoms with Gasteiger partial charge in [0.2, 0.25) is 5.95 Å². The summed E-state index contributed by atoms with van der Waals surface area (Å²) >= 11 is 0. The SMILES string of the molecule is O=C(Nc1ncccn1)c1ccc(C2=NOC(c3ccccc3)(C(F)(F)F)C2)cc1. The minimum atomic E-state index is -4.66. The first kappa shape index (κ1) is 19.6. The Hall–Kier alpha value is -3.75. The van der Waals surface area contributed by atoms with Crippen LogP contribution in [-0.4, -0.2) is 27.8 Å². The molecule has 1 aliphatic heterocycles. The molecule has 0 aliphatic carbocycles. The average molecular weight is 412 g/mol. The molecule has 1 unspecified atom stereocenters. The quantitative estimate of drug-likeness (QED) is 0.693. The largest absolute Gasteiger partial charge is 0.435 e. The van der Waals surface area contributed by atoms with E-state index in [0.717, 1.165) is 0 Å². The third-order valence-corrected chi connectivity index (χ3v) is 4.70. The summed E-state index contributed by atoms with van der Waals surface area (Å²) < 4.78 is 41.7. The van der Waals surface area contributed by atoms with Crippen molar-refractivity contribution in [1.29, 1.82) is 0 Å². The number of hydrogen-bond acceptors (Lipinski definition) is 5. The zero-order chi connectivity index (χ0) is 21.2. The molecule has 0 radical (unpaired) electrons. The van der Waals surface area contributed by atoms with Crippen LogP contribution < -0.4 is 5.32 Å². The Kier molecular flexibility index (Phi) is 4.94. The lowest BCUT2D eigenvalue weighted by atomic mass is 9.86. The fourth-order valence-corrected chi connectivity index (χ4v) is 3.12. The molecule has 0 fully saturated rings. The van der Waals surface area contributed by atoms with Gasteiger partial charge < -0.3 is 4.84 Å². The number of nitrogens with one attached hydrogen (secondary N) is 1. The molecule has 9 heteroatoms. The first-order valence-electron chi connectivity index (χ1n) is 8.95. The van der Waals surface area contributed by atoms with Gasteiger partial charge in [0.25, 0.3) is 11.5 Å². The number of benzene rings is 2. The molecular weight excluding hydrogens is 397 g/mol. The molecule has 30 heavy (non-hydrogen) atoms. The van der Waals surface area contributed by atoms with Crippen LogP contribution in [0.5, 0.6) is 0 Å². The van der Waals surface area contributed by atoms with Crippen LogP contribution in [0.25, 0.3) is 0 Å². The number of nitrogens with zero attached hydrogens (tertiary/aromatic N) is 3. The van der Waals surface area contributed by atoms with Gasteiger partial charge in [0.15, 0.2) is 0 Å². The molecule has 3 aromatic rings. The normalized spacial score (nSPS) is 18.4. The maximum Gasteiger partial charge on any atom is 0.435 e. The van der Waals surface area contributed by atoms with Gasteiger partial charge >= 0.3 is 6.18 Å². The maximum absolute atomic E-state index is 13.9. The molecule has 152 valence electrons. The summed E-state index contributed by atoms with van der Waals surface area (Å²) in [5.41, 5.74) is -1.67. The van der Waals surface area contributed by atoms with Crippen molar-refractivity contribution in [3.63, 3.8) is 0 Å².